The fourth-order valence-corrected chi connectivity index (χ4v) is 1.85. The first-order valence-corrected chi connectivity index (χ1v) is 6.32. The molecule has 0 unspecified atom stereocenters. The van der Waals surface area contributed by atoms with Crippen LogP contribution in [0.5, 0.6) is 0 Å². The summed E-state index contributed by atoms with van der Waals surface area (Å²) in [7, 11) is 0. The molecule has 1 saturated carbocycles. The minimum atomic E-state index is 0.0185. The molecule has 1 fully saturated rings. The third-order valence-electron chi connectivity index (χ3n) is 3.04. The van der Waals surface area contributed by atoms with Crippen LogP contribution in [0.25, 0.3) is 0 Å². The fraction of sp³-hybridized carbons (Fsp3) is 0.692. The second-order valence-electron chi connectivity index (χ2n) is 5.24. The molecule has 0 aliphatic heterocycles. The van der Waals surface area contributed by atoms with Crippen LogP contribution in [0.1, 0.15) is 49.4 Å². The summed E-state index contributed by atoms with van der Waals surface area (Å²) in [4.78, 5) is 14.2. The minimum Gasteiger partial charge on any atom is -0.361 e. The Morgan fingerprint density at radius 1 is 1.59 bits per heavy atom. The van der Waals surface area contributed by atoms with E-state index in [4.69, 9.17) is 4.52 Å². The SMILES string of the molecule is Cc1cc(C(=O)N(CCC(C)C)C2CC2)no1. The van der Waals surface area contributed by atoms with E-state index in [1.54, 1.807) is 13.0 Å². The molecule has 0 radical (unpaired) electrons. The van der Waals surface area contributed by atoms with Crippen molar-refractivity contribution in [2.24, 2.45) is 5.92 Å². The summed E-state index contributed by atoms with van der Waals surface area (Å²) in [5.74, 6) is 1.32. The van der Waals surface area contributed by atoms with Crippen LogP contribution in [0.15, 0.2) is 10.6 Å². The maximum Gasteiger partial charge on any atom is 0.276 e. The zero-order chi connectivity index (χ0) is 12.4. The Morgan fingerprint density at radius 2 is 2.29 bits per heavy atom. The van der Waals surface area contributed by atoms with E-state index in [9.17, 15) is 4.79 Å². The Bertz CT molecular complexity index is 394. The first-order chi connectivity index (χ1) is 8.08. The maximum absolute atomic E-state index is 12.3. The lowest BCUT2D eigenvalue weighted by molar-refractivity contribution is 0.0725. The van der Waals surface area contributed by atoms with Gasteiger partial charge in [-0.25, -0.2) is 0 Å². The molecule has 0 atom stereocenters. The van der Waals surface area contributed by atoms with Crippen molar-refractivity contribution in [1.82, 2.24) is 10.1 Å². The average molecular weight is 236 g/mol. The molecule has 17 heavy (non-hydrogen) atoms. The second kappa shape index (κ2) is 4.90. The standard InChI is InChI=1S/C13H20N2O2/c1-9(2)6-7-15(11-4-5-11)13(16)12-8-10(3)17-14-12/h8-9,11H,4-7H2,1-3H3. The number of hydrogen-bond donors (Lipinski definition) is 0. The number of hydrogen-bond acceptors (Lipinski definition) is 3. The number of amides is 1. The van der Waals surface area contributed by atoms with Crippen molar-refractivity contribution >= 4 is 5.91 Å². The van der Waals surface area contributed by atoms with Crippen molar-refractivity contribution < 1.29 is 9.32 Å². The average Bonchev–Trinajstić information content (AvgIpc) is 3.00. The largest absolute Gasteiger partial charge is 0.361 e. The van der Waals surface area contributed by atoms with Gasteiger partial charge in [-0.3, -0.25) is 4.79 Å². The van der Waals surface area contributed by atoms with E-state index >= 15 is 0 Å². The van der Waals surface area contributed by atoms with Crippen LogP contribution < -0.4 is 0 Å². The van der Waals surface area contributed by atoms with Crippen molar-refractivity contribution in [3.63, 3.8) is 0 Å². The number of aromatic nitrogens is 1. The highest BCUT2D eigenvalue weighted by atomic mass is 16.5. The van der Waals surface area contributed by atoms with Crippen LogP contribution in [0.3, 0.4) is 0 Å². The summed E-state index contributed by atoms with van der Waals surface area (Å²) in [5, 5.41) is 3.81. The number of nitrogens with zero attached hydrogens (tertiary/aromatic N) is 2. The zero-order valence-corrected chi connectivity index (χ0v) is 10.8. The lowest BCUT2D eigenvalue weighted by atomic mass is 10.1. The molecule has 4 heteroatoms. The Labute approximate surface area is 102 Å². The minimum absolute atomic E-state index is 0.0185. The number of aryl methyl sites for hydroxylation is 1. The summed E-state index contributed by atoms with van der Waals surface area (Å²) in [6.07, 6.45) is 3.29. The third-order valence-corrected chi connectivity index (χ3v) is 3.04. The van der Waals surface area contributed by atoms with Crippen LogP contribution in [0, 0.1) is 12.8 Å². The van der Waals surface area contributed by atoms with Crippen LogP contribution in [-0.4, -0.2) is 28.6 Å². The number of carbonyl (C=O) groups is 1. The van der Waals surface area contributed by atoms with Gasteiger partial charge in [0, 0.05) is 18.7 Å². The molecule has 1 amide bonds. The summed E-state index contributed by atoms with van der Waals surface area (Å²) in [6, 6.07) is 2.14. The highest BCUT2D eigenvalue weighted by Crippen LogP contribution is 2.28. The van der Waals surface area contributed by atoms with Gasteiger partial charge in [-0.2, -0.15) is 0 Å². The second-order valence-corrected chi connectivity index (χ2v) is 5.24. The molecule has 1 aromatic rings. The van der Waals surface area contributed by atoms with Gasteiger partial charge in [-0.15, -0.1) is 0 Å². The molecule has 1 aromatic heterocycles. The molecule has 1 aliphatic carbocycles. The zero-order valence-electron chi connectivity index (χ0n) is 10.8. The van der Waals surface area contributed by atoms with E-state index in [-0.39, 0.29) is 5.91 Å². The van der Waals surface area contributed by atoms with E-state index in [0.29, 0.717) is 23.4 Å². The molecule has 0 bridgehead atoms. The quantitative estimate of drug-likeness (QED) is 0.789. The first-order valence-electron chi connectivity index (χ1n) is 6.32. The normalized spacial score (nSPS) is 15.3. The predicted molar refractivity (Wildman–Crippen MR) is 64.8 cm³/mol. The maximum atomic E-state index is 12.3. The Hall–Kier alpha value is -1.32. The van der Waals surface area contributed by atoms with Crippen LogP contribution >= 0.6 is 0 Å². The van der Waals surface area contributed by atoms with Gasteiger partial charge in [0.15, 0.2) is 5.69 Å². The van der Waals surface area contributed by atoms with E-state index in [1.807, 2.05) is 4.90 Å². The molecule has 4 nitrogen and oxygen atoms in total. The highest BCUT2D eigenvalue weighted by molar-refractivity contribution is 5.92. The van der Waals surface area contributed by atoms with Crippen LogP contribution in [-0.2, 0) is 0 Å². The van der Waals surface area contributed by atoms with E-state index < -0.39 is 0 Å². The number of rotatable bonds is 5. The van der Waals surface area contributed by atoms with Gasteiger partial charge in [-0.1, -0.05) is 19.0 Å². The fourth-order valence-electron chi connectivity index (χ4n) is 1.85. The van der Waals surface area contributed by atoms with Gasteiger partial charge >= 0.3 is 0 Å². The first kappa shape index (κ1) is 12.1. The van der Waals surface area contributed by atoms with Crippen molar-refractivity contribution in [1.29, 1.82) is 0 Å². The topological polar surface area (TPSA) is 46.3 Å². The van der Waals surface area contributed by atoms with Gasteiger partial charge < -0.3 is 9.42 Å². The summed E-state index contributed by atoms with van der Waals surface area (Å²) in [5.41, 5.74) is 0.443. The van der Waals surface area contributed by atoms with E-state index in [1.165, 1.54) is 0 Å². The molecule has 0 spiro atoms. The van der Waals surface area contributed by atoms with Crippen molar-refractivity contribution in [3.8, 4) is 0 Å². The predicted octanol–water partition coefficient (Wildman–Crippen LogP) is 2.63. The van der Waals surface area contributed by atoms with Gasteiger partial charge in [0.05, 0.1) is 0 Å². The van der Waals surface area contributed by atoms with Crippen molar-refractivity contribution in [3.05, 3.63) is 17.5 Å². The lowest BCUT2D eigenvalue weighted by Crippen LogP contribution is -2.34. The van der Waals surface area contributed by atoms with E-state index in [2.05, 4.69) is 19.0 Å². The summed E-state index contributed by atoms with van der Waals surface area (Å²) >= 11 is 0. The molecule has 1 heterocycles. The lowest BCUT2D eigenvalue weighted by Gasteiger charge is -2.22. The van der Waals surface area contributed by atoms with Crippen LogP contribution in [0.4, 0.5) is 0 Å². The van der Waals surface area contributed by atoms with Crippen molar-refractivity contribution in [2.45, 2.75) is 46.1 Å². The van der Waals surface area contributed by atoms with Gasteiger partial charge in [0.2, 0.25) is 0 Å². The molecule has 0 aromatic carbocycles. The van der Waals surface area contributed by atoms with E-state index in [0.717, 1.165) is 25.8 Å². The Morgan fingerprint density at radius 3 is 2.76 bits per heavy atom. The molecule has 2 rings (SSSR count). The molecule has 1 aliphatic rings. The smallest absolute Gasteiger partial charge is 0.276 e. The molecular weight excluding hydrogens is 216 g/mol. The Balaban J connectivity index is 2.02. The summed E-state index contributed by atoms with van der Waals surface area (Å²) < 4.78 is 4.96. The molecule has 0 N–H and O–H groups in total. The van der Waals surface area contributed by atoms with Gasteiger partial charge in [-0.05, 0) is 32.1 Å². The monoisotopic (exact) mass is 236 g/mol. The van der Waals surface area contributed by atoms with Crippen LogP contribution in [0.2, 0.25) is 0 Å². The molecule has 94 valence electrons. The van der Waals surface area contributed by atoms with Gasteiger partial charge in [0.1, 0.15) is 5.76 Å². The van der Waals surface area contributed by atoms with Crippen molar-refractivity contribution in [2.75, 3.05) is 6.54 Å². The highest BCUT2D eigenvalue weighted by Gasteiger charge is 2.33. The van der Waals surface area contributed by atoms with Gasteiger partial charge in [0.25, 0.3) is 5.91 Å². The third kappa shape index (κ3) is 3.08. The number of carbonyl (C=O) groups excluding carboxylic acids is 1. The Kier molecular flexibility index (Phi) is 3.50. The molecule has 0 saturated heterocycles. The summed E-state index contributed by atoms with van der Waals surface area (Å²) in [6.45, 7) is 6.98. The molecular formula is C13H20N2O2.